The summed E-state index contributed by atoms with van der Waals surface area (Å²) in [6.45, 7) is 15.6. The number of nitrogens with zero attached hydrogens (tertiary/aromatic N) is 2. The standard InChI is InChI=1S/C53H71N5O19S2/c1-33-52(3,4)39-31-37-44(35-9-7-8-10-36(35)51(61)62)38-32-40-46(57-34(2)53(40,5)6)50(79(65,66)67)48(38)76-47(37)49(45(39)56-33)78(63,64)55-14-16-69-18-20-71-22-24-73-26-28-75-30-29-74-27-25-72-23-21-70-19-17-68-15-13-43(60)77-58-41(54)11-12-42(58)59/h7-10,31-34,54-56H,11-30H2,1-6H3,(H,61,62)(H,65,66,67)/p-1. The van der Waals surface area contributed by atoms with Crippen LogP contribution in [0.5, 0.6) is 11.5 Å². The zero-order valence-corrected chi connectivity index (χ0v) is 46.9. The number of anilines is 1. The predicted octanol–water partition coefficient (Wildman–Crippen LogP) is 2.89. The second kappa shape index (κ2) is 26.9. The number of benzene rings is 3. The van der Waals surface area contributed by atoms with Crippen molar-refractivity contribution in [1.29, 1.82) is 5.41 Å². The van der Waals surface area contributed by atoms with Crippen molar-refractivity contribution in [2.75, 3.05) is 118 Å². The fourth-order valence-electron chi connectivity index (χ4n) is 9.19. The Bertz CT molecular complexity index is 3080. The van der Waals surface area contributed by atoms with Crippen LogP contribution in [0.1, 0.15) is 93.4 Å². The van der Waals surface area contributed by atoms with E-state index >= 15 is 0 Å². The molecule has 3 aromatic rings. The van der Waals surface area contributed by atoms with Crippen molar-refractivity contribution >= 4 is 55.1 Å². The van der Waals surface area contributed by atoms with Gasteiger partial charge in [-0.15, -0.1) is 5.06 Å². The first kappa shape index (κ1) is 61.1. The number of carbonyl (C=O) groups excluding carboxylic acids is 2. The van der Waals surface area contributed by atoms with Crippen LogP contribution in [-0.4, -0.2) is 180 Å². The van der Waals surface area contributed by atoms with E-state index in [-0.39, 0.29) is 126 Å². The maximum absolute atomic E-state index is 14.7. The Balaban J connectivity index is 0.819. The Morgan fingerprint density at radius 1 is 0.747 bits per heavy atom. The lowest BCUT2D eigenvalue weighted by molar-refractivity contribution is -0.181. The number of carboxylic acid groups (broad SMARTS) is 1. The summed E-state index contributed by atoms with van der Waals surface area (Å²) in [7, 11) is -9.90. The smallest absolute Gasteiger partial charge is 0.336 e. The third kappa shape index (κ3) is 14.5. The van der Waals surface area contributed by atoms with Gasteiger partial charge < -0.3 is 62.4 Å². The number of nitrogens with one attached hydrogen (secondary N) is 3. The molecule has 2 atom stereocenters. The number of hydrogen-bond acceptors (Lipinski definition) is 21. The Morgan fingerprint density at radius 3 is 1.80 bits per heavy atom. The number of amides is 1. The number of carboxylic acids is 1. The van der Waals surface area contributed by atoms with Gasteiger partial charge in [0.2, 0.25) is 10.0 Å². The molecule has 4 heterocycles. The molecular formula is C53H70N5O19S2-. The van der Waals surface area contributed by atoms with E-state index in [9.17, 15) is 40.9 Å². The van der Waals surface area contributed by atoms with Crippen molar-refractivity contribution in [3.63, 3.8) is 0 Å². The molecule has 3 aromatic carbocycles. The van der Waals surface area contributed by atoms with Crippen LogP contribution >= 0.6 is 0 Å². The van der Waals surface area contributed by atoms with Gasteiger partial charge in [-0.1, -0.05) is 45.9 Å². The molecule has 0 spiro atoms. The quantitative estimate of drug-likeness (QED) is 0.0394. The first-order valence-corrected chi connectivity index (χ1v) is 28.9. The van der Waals surface area contributed by atoms with Crippen molar-refractivity contribution in [3.05, 3.63) is 74.8 Å². The van der Waals surface area contributed by atoms with Crippen molar-refractivity contribution in [2.45, 2.75) is 93.5 Å². The number of hydroxylamine groups is 2. The lowest BCUT2D eigenvalue weighted by atomic mass is 9.78. The summed E-state index contributed by atoms with van der Waals surface area (Å²) in [5.41, 5.74) is 0.196. The first-order valence-electron chi connectivity index (χ1n) is 26.0. The summed E-state index contributed by atoms with van der Waals surface area (Å²) >= 11 is 0. The average Bonchev–Trinajstić information content (AvgIpc) is 3.65. The summed E-state index contributed by atoms with van der Waals surface area (Å²) in [4.78, 5) is 44.6. The number of carbonyl (C=O) groups is 3. The molecule has 1 fully saturated rings. The molecule has 0 bridgehead atoms. The molecule has 434 valence electrons. The molecule has 4 N–H and O–H groups in total. The lowest BCUT2D eigenvalue weighted by Gasteiger charge is -2.30. The highest BCUT2D eigenvalue weighted by Crippen LogP contribution is 2.53. The van der Waals surface area contributed by atoms with Gasteiger partial charge in [0.05, 0.1) is 135 Å². The van der Waals surface area contributed by atoms with Crippen LogP contribution in [-0.2, 0) is 83.3 Å². The molecule has 0 aromatic heterocycles. The second-order valence-corrected chi connectivity index (χ2v) is 23.0. The SMILES string of the molecule is CC1N=c2c(cc3c(c2S(=O)(=O)[O-])Oc2c(cc4c(c2S(=O)(=O)NCCOCCOCCOCCOCCOCCOCCOCCOCCC(=O)ON2C(=N)CCC2=O)NC(C)C4(C)C)C=3c2ccccc2C(=O)O)C1(C)C. The monoisotopic (exact) mass is 1140 g/mol. The van der Waals surface area contributed by atoms with E-state index in [1.165, 1.54) is 6.07 Å². The molecule has 24 nitrogen and oxygen atoms in total. The van der Waals surface area contributed by atoms with E-state index in [0.29, 0.717) is 77.2 Å². The Kier molecular flexibility index (Phi) is 20.8. The van der Waals surface area contributed by atoms with Gasteiger partial charge in [-0.3, -0.25) is 15.2 Å². The molecule has 0 radical (unpaired) electrons. The number of aromatic carboxylic acids is 1. The zero-order chi connectivity index (χ0) is 57.1. The predicted molar refractivity (Wildman–Crippen MR) is 282 cm³/mol. The van der Waals surface area contributed by atoms with Gasteiger partial charge in [-0.05, 0) is 48.7 Å². The maximum atomic E-state index is 14.7. The normalized spacial score (nSPS) is 17.9. The molecule has 0 saturated carbocycles. The highest BCUT2D eigenvalue weighted by atomic mass is 32.2. The number of sulfonamides is 1. The van der Waals surface area contributed by atoms with Gasteiger partial charge in [0.25, 0.3) is 5.91 Å². The van der Waals surface area contributed by atoms with E-state index in [4.69, 9.17) is 52.9 Å². The number of fused-ring (bicyclic) bond motifs is 4. The van der Waals surface area contributed by atoms with Crippen LogP contribution in [0.4, 0.5) is 5.69 Å². The zero-order valence-electron chi connectivity index (χ0n) is 45.3. The lowest BCUT2D eigenvalue weighted by Crippen LogP contribution is -2.34. The summed E-state index contributed by atoms with van der Waals surface area (Å²) in [5.74, 6) is -3.12. The van der Waals surface area contributed by atoms with Gasteiger partial charge in [0.1, 0.15) is 25.7 Å². The molecule has 7 rings (SSSR count). The average molecular weight is 1150 g/mol. The summed E-state index contributed by atoms with van der Waals surface area (Å²) in [6.07, 6.45) is 0.357. The largest absolute Gasteiger partial charge is 0.744 e. The van der Waals surface area contributed by atoms with Gasteiger partial charge >= 0.3 is 11.9 Å². The number of hydrogen-bond donors (Lipinski definition) is 4. The van der Waals surface area contributed by atoms with Crippen LogP contribution in [0.3, 0.4) is 0 Å². The topological polar surface area (TPSA) is 319 Å². The minimum atomic E-state index is -5.35. The van der Waals surface area contributed by atoms with Crippen LogP contribution in [0.15, 0.2) is 51.2 Å². The first-order chi connectivity index (χ1) is 37.6. The molecule has 2 unspecified atom stereocenters. The minimum Gasteiger partial charge on any atom is -0.744 e. The van der Waals surface area contributed by atoms with Crippen molar-refractivity contribution in [3.8, 4) is 11.5 Å². The Labute approximate surface area is 459 Å². The van der Waals surface area contributed by atoms with Gasteiger partial charge in [-0.25, -0.2) is 31.1 Å². The van der Waals surface area contributed by atoms with E-state index < -0.39 is 65.5 Å². The fraction of sp³-hybridized carbons (Fsp3) is 0.566. The number of amidine groups is 1. The minimum absolute atomic E-state index is 0.0353. The summed E-state index contributed by atoms with van der Waals surface area (Å²) < 4.78 is 123. The third-order valence-electron chi connectivity index (χ3n) is 14.2. The summed E-state index contributed by atoms with van der Waals surface area (Å²) in [6, 6.07) is 8.77. The van der Waals surface area contributed by atoms with E-state index in [0.717, 1.165) is 5.06 Å². The highest BCUT2D eigenvalue weighted by molar-refractivity contribution is 7.89. The fourth-order valence-corrected chi connectivity index (χ4v) is 11.3. The van der Waals surface area contributed by atoms with Gasteiger partial charge in [-0.2, -0.15) is 0 Å². The molecule has 0 aliphatic carbocycles. The molecular weight excluding hydrogens is 1070 g/mol. The van der Waals surface area contributed by atoms with Crippen molar-refractivity contribution in [2.24, 2.45) is 4.99 Å². The molecule has 26 heteroatoms. The summed E-state index contributed by atoms with van der Waals surface area (Å²) in [5, 5.41) is 22.1. The highest BCUT2D eigenvalue weighted by Gasteiger charge is 2.46. The van der Waals surface area contributed by atoms with E-state index in [1.54, 1.807) is 37.3 Å². The van der Waals surface area contributed by atoms with Crippen LogP contribution < -0.4 is 25.4 Å². The van der Waals surface area contributed by atoms with Crippen LogP contribution in [0.2, 0.25) is 0 Å². The Morgan fingerprint density at radius 2 is 1.28 bits per heavy atom. The molecule has 1 amide bonds. The second-order valence-electron chi connectivity index (χ2n) is 20.0. The number of ether oxygens (including phenoxy) is 9. The van der Waals surface area contributed by atoms with E-state index in [2.05, 4.69) is 15.0 Å². The van der Waals surface area contributed by atoms with Crippen molar-refractivity contribution < 1.29 is 88.3 Å². The van der Waals surface area contributed by atoms with E-state index in [1.807, 2.05) is 34.6 Å². The van der Waals surface area contributed by atoms with Crippen LogP contribution in [0, 0.1) is 5.41 Å². The Hall–Kier alpha value is -5.49. The third-order valence-corrected chi connectivity index (χ3v) is 16.6. The number of rotatable bonds is 33. The maximum Gasteiger partial charge on any atom is 0.336 e. The van der Waals surface area contributed by atoms with Crippen LogP contribution in [0.25, 0.3) is 5.57 Å². The van der Waals surface area contributed by atoms with Gasteiger partial charge in [0.15, 0.2) is 11.5 Å². The van der Waals surface area contributed by atoms with Crippen molar-refractivity contribution in [1.82, 2.24) is 9.79 Å². The molecule has 4 aliphatic rings. The molecule has 1 saturated heterocycles. The van der Waals surface area contributed by atoms with Gasteiger partial charge in [0, 0.05) is 52.6 Å². The molecule has 79 heavy (non-hydrogen) atoms. The molecule has 4 aliphatic heterocycles.